The van der Waals surface area contributed by atoms with Crippen LogP contribution in [0.5, 0.6) is 0 Å². The highest BCUT2D eigenvalue weighted by Gasteiger charge is 2.25. The quantitative estimate of drug-likeness (QED) is 0.814. The van der Waals surface area contributed by atoms with Crippen molar-refractivity contribution in [2.24, 2.45) is 0 Å². The fourth-order valence-electron chi connectivity index (χ4n) is 2.15. The summed E-state index contributed by atoms with van der Waals surface area (Å²) in [6, 6.07) is 0.789. The Morgan fingerprint density at radius 3 is 2.50 bits per heavy atom. The Morgan fingerprint density at radius 1 is 1.39 bits per heavy atom. The maximum Gasteiger partial charge on any atom is 0.409 e. The van der Waals surface area contributed by atoms with Crippen molar-refractivity contribution in [3.05, 3.63) is 0 Å². The third kappa shape index (κ3) is 4.46. The Bertz CT molecular complexity index is 253. The zero-order valence-corrected chi connectivity index (χ0v) is 11.9. The van der Waals surface area contributed by atoms with E-state index in [-0.39, 0.29) is 12.2 Å². The van der Waals surface area contributed by atoms with Gasteiger partial charge in [0.2, 0.25) is 0 Å². The summed E-state index contributed by atoms with van der Waals surface area (Å²) in [5.74, 6) is 0. The van der Waals surface area contributed by atoms with Crippen LogP contribution >= 0.6 is 0 Å². The van der Waals surface area contributed by atoms with Crippen molar-refractivity contribution in [1.29, 1.82) is 0 Å². The molecule has 0 saturated carbocycles. The van der Waals surface area contributed by atoms with Crippen LogP contribution in [-0.4, -0.2) is 56.0 Å². The molecule has 0 radical (unpaired) electrons. The number of hydrogen-bond acceptors (Lipinski definition) is 4. The van der Waals surface area contributed by atoms with Crippen molar-refractivity contribution in [3.63, 3.8) is 0 Å². The number of methoxy groups -OCH3 is 1. The van der Waals surface area contributed by atoms with Crippen LogP contribution in [0.25, 0.3) is 0 Å². The van der Waals surface area contributed by atoms with Crippen LogP contribution in [0, 0.1) is 0 Å². The van der Waals surface area contributed by atoms with Crippen LogP contribution in [0.1, 0.15) is 33.6 Å². The molecule has 2 atom stereocenters. The average molecular weight is 258 g/mol. The third-order valence-corrected chi connectivity index (χ3v) is 3.60. The van der Waals surface area contributed by atoms with Gasteiger partial charge in [-0.15, -0.1) is 0 Å². The summed E-state index contributed by atoms with van der Waals surface area (Å²) < 4.78 is 10.3. The zero-order chi connectivity index (χ0) is 13.5. The zero-order valence-electron chi connectivity index (χ0n) is 11.9. The lowest BCUT2D eigenvalue weighted by Gasteiger charge is -2.34. The molecule has 0 aliphatic carbocycles. The number of carbonyl (C=O) groups is 1. The molecule has 0 bridgehead atoms. The Hall–Kier alpha value is -0.810. The first-order valence-corrected chi connectivity index (χ1v) is 6.79. The molecule has 1 saturated heterocycles. The van der Waals surface area contributed by atoms with E-state index in [4.69, 9.17) is 9.47 Å². The van der Waals surface area contributed by atoms with Crippen LogP contribution in [0.2, 0.25) is 0 Å². The number of amides is 1. The Kier molecular flexibility index (Phi) is 6.43. The second-order valence-electron chi connectivity index (χ2n) is 4.86. The molecule has 1 aliphatic rings. The lowest BCUT2D eigenvalue weighted by molar-refractivity contribution is 0.0726. The predicted octanol–water partition coefficient (Wildman–Crippen LogP) is 1.62. The van der Waals surface area contributed by atoms with E-state index in [1.807, 2.05) is 6.92 Å². The second kappa shape index (κ2) is 7.59. The number of rotatable bonds is 5. The van der Waals surface area contributed by atoms with Crippen LogP contribution < -0.4 is 5.32 Å². The molecule has 0 aromatic heterocycles. The van der Waals surface area contributed by atoms with E-state index in [2.05, 4.69) is 19.2 Å². The van der Waals surface area contributed by atoms with Crippen molar-refractivity contribution < 1.29 is 14.3 Å². The van der Waals surface area contributed by atoms with E-state index in [9.17, 15) is 4.79 Å². The van der Waals surface area contributed by atoms with Gasteiger partial charge in [-0.25, -0.2) is 4.79 Å². The summed E-state index contributed by atoms with van der Waals surface area (Å²) in [4.78, 5) is 13.3. The molecule has 5 heteroatoms. The first-order valence-electron chi connectivity index (χ1n) is 6.79. The van der Waals surface area contributed by atoms with Gasteiger partial charge >= 0.3 is 6.09 Å². The van der Waals surface area contributed by atoms with E-state index in [0.717, 1.165) is 25.9 Å². The molecule has 0 spiro atoms. The summed E-state index contributed by atoms with van der Waals surface area (Å²) in [5.41, 5.74) is 0. The molecule has 106 valence electrons. The lowest BCUT2D eigenvalue weighted by Crippen LogP contribution is -2.49. The summed E-state index contributed by atoms with van der Waals surface area (Å²) >= 11 is 0. The Balaban J connectivity index is 2.29. The van der Waals surface area contributed by atoms with Gasteiger partial charge in [-0.3, -0.25) is 0 Å². The van der Waals surface area contributed by atoms with E-state index in [1.165, 1.54) is 0 Å². The van der Waals surface area contributed by atoms with Crippen molar-refractivity contribution in [3.8, 4) is 0 Å². The molecular formula is C13H26N2O3. The van der Waals surface area contributed by atoms with Crippen molar-refractivity contribution in [2.45, 2.75) is 51.8 Å². The minimum Gasteiger partial charge on any atom is -0.450 e. The van der Waals surface area contributed by atoms with Gasteiger partial charge in [-0.1, -0.05) is 0 Å². The Labute approximate surface area is 110 Å². The summed E-state index contributed by atoms with van der Waals surface area (Å²) in [7, 11) is 1.73. The van der Waals surface area contributed by atoms with E-state index >= 15 is 0 Å². The molecule has 1 N–H and O–H groups in total. The average Bonchev–Trinajstić information content (AvgIpc) is 2.38. The maximum atomic E-state index is 11.5. The van der Waals surface area contributed by atoms with Crippen LogP contribution in [0.4, 0.5) is 4.79 Å². The second-order valence-corrected chi connectivity index (χ2v) is 4.86. The van der Waals surface area contributed by atoms with Gasteiger partial charge in [0, 0.05) is 32.3 Å². The van der Waals surface area contributed by atoms with Crippen LogP contribution in [-0.2, 0) is 9.47 Å². The van der Waals surface area contributed by atoms with Crippen molar-refractivity contribution in [2.75, 3.05) is 26.8 Å². The first-order chi connectivity index (χ1) is 8.58. The molecule has 0 aromatic rings. The fraction of sp³-hybridized carbons (Fsp3) is 0.923. The third-order valence-electron chi connectivity index (χ3n) is 3.60. The molecule has 1 amide bonds. The van der Waals surface area contributed by atoms with Gasteiger partial charge in [0.1, 0.15) is 0 Å². The number of piperidine rings is 1. The van der Waals surface area contributed by atoms with Gasteiger partial charge in [-0.05, 0) is 33.6 Å². The maximum absolute atomic E-state index is 11.5. The molecule has 2 unspecified atom stereocenters. The van der Waals surface area contributed by atoms with Crippen LogP contribution in [0.3, 0.4) is 0 Å². The minimum atomic E-state index is -0.186. The Morgan fingerprint density at radius 2 is 2.00 bits per heavy atom. The SMILES string of the molecule is CCOC(=O)N1CCC(NC(C)C(C)OC)CC1. The van der Waals surface area contributed by atoms with Crippen LogP contribution in [0.15, 0.2) is 0 Å². The van der Waals surface area contributed by atoms with Crippen molar-refractivity contribution >= 4 is 6.09 Å². The molecule has 1 fully saturated rings. The fourth-order valence-corrected chi connectivity index (χ4v) is 2.15. The molecule has 18 heavy (non-hydrogen) atoms. The summed E-state index contributed by atoms with van der Waals surface area (Å²) in [6.07, 6.45) is 1.96. The van der Waals surface area contributed by atoms with E-state index in [1.54, 1.807) is 12.0 Å². The van der Waals surface area contributed by atoms with Gasteiger partial charge < -0.3 is 19.7 Å². The molecule has 5 nitrogen and oxygen atoms in total. The van der Waals surface area contributed by atoms with Gasteiger partial charge in [0.15, 0.2) is 0 Å². The topological polar surface area (TPSA) is 50.8 Å². The summed E-state index contributed by atoms with van der Waals surface area (Å²) in [6.45, 7) is 8.01. The number of ether oxygens (including phenoxy) is 2. The minimum absolute atomic E-state index is 0.186. The number of likely N-dealkylation sites (tertiary alicyclic amines) is 1. The highest BCUT2D eigenvalue weighted by atomic mass is 16.6. The number of hydrogen-bond donors (Lipinski definition) is 1. The summed E-state index contributed by atoms with van der Waals surface area (Å²) in [5, 5.41) is 3.56. The highest BCUT2D eigenvalue weighted by Crippen LogP contribution is 2.13. The normalized spacial score (nSPS) is 20.6. The molecule has 1 rings (SSSR count). The first kappa shape index (κ1) is 15.2. The monoisotopic (exact) mass is 258 g/mol. The van der Waals surface area contributed by atoms with Gasteiger partial charge in [0.25, 0.3) is 0 Å². The van der Waals surface area contributed by atoms with Gasteiger partial charge in [0.05, 0.1) is 12.7 Å². The lowest BCUT2D eigenvalue weighted by atomic mass is 10.0. The van der Waals surface area contributed by atoms with E-state index < -0.39 is 0 Å². The van der Waals surface area contributed by atoms with Gasteiger partial charge in [-0.2, -0.15) is 0 Å². The smallest absolute Gasteiger partial charge is 0.409 e. The number of carbonyl (C=O) groups excluding carboxylic acids is 1. The van der Waals surface area contributed by atoms with Crippen molar-refractivity contribution in [1.82, 2.24) is 10.2 Å². The standard InChI is InChI=1S/C13H26N2O3/c1-5-18-13(16)15-8-6-12(7-9-15)14-10(2)11(3)17-4/h10-12,14H,5-9H2,1-4H3. The number of nitrogens with one attached hydrogen (secondary N) is 1. The molecular weight excluding hydrogens is 232 g/mol. The number of nitrogens with zero attached hydrogens (tertiary/aromatic N) is 1. The predicted molar refractivity (Wildman–Crippen MR) is 70.7 cm³/mol. The molecule has 0 aromatic carbocycles. The highest BCUT2D eigenvalue weighted by molar-refractivity contribution is 5.67. The van der Waals surface area contributed by atoms with E-state index in [0.29, 0.717) is 18.7 Å². The largest absolute Gasteiger partial charge is 0.450 e. The molecule has 1 heterocycles. The molecule has 1 aliphatic heterocycles.